The van der Waals surface area contributed by atoms with Crippen LogP contribution in [0.4, 0.5) is 5.69 Å². The molecular formula is C19H23NO2. The normalized spacial score (nSPS) is 11.1. The number of carbonyl (C=O) groups excluding carboxylic acids is 1. The van der Waals surface area contributed by atoms with Crippen LogP contribution >= 0.6 is 0 Å². The topological polar surface area (TPSA) is 38.3 Å². The average Bonchev–Trinajstić information content (AvgIpc) is 2.49. The van der Waals surface area contributed by atoms with Crippen molar-refractivity contribution in [1.82, 2.24) is 0 Å². The Hall–Kier alpha value is -2.29. The molecule has 2 rings (SSSR count). The predicted octanol–water partition coefficient (Wildman–Crippen LogP) is 5.12. The molecule has 3 nitrogen and oxygen atoms in total. The Labute approximate surface area is 132 Å². The summed E-state index contributed by atoms with van der Waals surface area (Å²) in [6.45, 7) is 8.16. The summed E-state index contributed by atoms with van der Waals surface area (Å²) in [5.74, 6) is 1.47. The van der Waals surface area contributed by atoms with Gasteiger partial charge >= 0.3 is 0 Å². The van der Waals surface area contributed by atoms with E-state index in [1.165, 1.54) is 12.5 Å². The Morgan fingerprint density at radius 1 is 1.00 bits per heavy atom. The van der Waals surface area contributed by atoms with Gasteiger partial charge in [-0.1, -0.05) is 32.9 Å². The van der Waals surface area contributed by atoms with E-state index in [0.717, 1.165) is 23.6 Å². The van der Waals surface area contributed by atoms with Crippen LogP contribution in [0.2, 0.25) is 0 Å². The van der Waals surface area contributed by atoms with Gasteiger partial charge in [0.05, 0.1) is 0 Å². The Balaban J connectivity index is 2.06. The zero-order valence-corrected chi connectivity index (χ0v) is 13.6. The summed E-state index contributed by atoms with van der Waals surface area (Å²) in [4.78, 5) is 11.0. The SMILES string of the molecule is CCC(C)(C)c1ccc(Oc2ccc(NC(C)=O)cc2)cc1. The molecule has 0 aliphatic rings. The van der Waals surface area contributed by atoms with Gasteiger partial charge in [-0.2, -0.15) is 0 Å². The summed E-state index contributed by atoms with van der Waals surface area (Å²) < 4.78 is 5.83. The van der Waals surface area contributed by atoms with Crippen molar-refractivity contribution in [1.29, 1.82) is 0 Å². The van der Waals surface area contributed by atoms with Gasteiger partial charge in [0, 0.05) is 12.6 Å². The minimum absolute atomic E-state index is 0.0807. The number of amides is 1. The first-order valence-electron chi connectivity index (χ1n) is 7.57. The lowest BCUT2D eigenvalue weighted by Gasteiger charge is -2.23. The number of hydrogen-bond donors (Lipinski definition) is 1. The summed E-state index contributed by atoms with van der Waals surface area (Å²) in [5.41, 5.74) is 2.25. The van der Waals surface area contributed by atoms with Crippen molar-refractivity contribution in [2.45, 2.75) is 39.5 Å². The first-order valence-corrected chi connectivity index (χ1v) is 7.57. The molecule has 2 aromatic rings. The smallest absolute Gasteiger partial charge is 0.221 e. The molecule has 22 heavy (non-hydrogen) atoms. The molecule has 0 radical (unpaired) electrons. The van der Waals surface area contributed by atoms with Gasteiger partial charge in [0.15, 0.2) is 0 Å². The molecule has 0 aliphatic heterocycles. The van der Waals surface area contributed by atoms with E-state index in [1.807, 2.05) is 36.4 Å². The van der Waals surface area contributed by atoms with Crippen molar-refractivity contribution in [3.63, 3.8) is 0 Å². The van der Waals surface area contributed by atoms with E-state index in [4.69, 9.17) is 4.74 Å². The second-order valence-corrected chi connectivity index (χ2v) is 6.07. The predicted molar refractivity (Wildman–Crippen MR) is 90.6 cm³/mol. The van der Waals surface area contributed by atoms with Crippen LogP contribution in [-0.4, -0.2) is 5.91 Å². The molecule has 3 heteroatoms. The summed E-state index contributed by atoms with van der Waals surface area (Å²) in [7, 11) is 0. The quantitative estimate of drug-likeness (QED) is 0.831. The fraction of sp³-hybridized carbons (Fsp3) is 0.316. The van der Waals surface area contributed by atoms with Crippen molar-refractivity contribution in [3.8, 4) is 11.5 Å². The summed E-state index contributed by atoms with van der Waals surface area (Å²) in [5, 5.41) is 2.73. The van der Waals surface area contributed by atoms with Gasteiger partial charge in [0.1, 0.15) is 11.5 Å². The monoisotopic (exact) mass is 297 g/mol. The van der Waals surface area contributed by atoms with E-state index in [1.54, 1.807) is 0 Å². The molecule has 0 bridgehead atoms. The summed E-state index contributed by atoms with van der Waals surface area (Å²) in [6.07, 6.45) is 1.10. The third-order valence-electron chi connectivity index (χ3n) is 3.93. The third kappa shape index (κ3) is 4.10. The highest BCUT2D eigenvalue weighted by molar-refractivity contribution is 5.88. The largest absolute Gasteiger partial charge is 0.457 e. The molecule has 0 heterocycles. The zero-order chi connectivity index (χ0) is 16.2. The van der Waals surface area contributed by atoms with Crippen LogP contribution in [0, 0.1) is 0 Å². The Kier molecular flexibility index (Phi) is 4.86. The van der Waals surface area contributed by atoms with Gasteiger partial charge in [0.2, 0.25) is 5.91 Å². The lowest BCUT2D eigenvalue weighted by Crippen LogP contribution is -2.14. The zero-order valence-electron chi connectivity index (χ0n) is 13.6. The van der Waals surface area contributed by atoms with Crippen LogP contribution in [-0.2, 0) is 10.2 Å². The fourth-order valence-corrected chi connectivity index (χ4v) is 2.12. The van der Waals surface area contributed by atoms with Crippen LogP contribution in [0.1, 0.15) is 39.7 Å². The third-order valence-corrected chi connectivity index (χ3v) is 3.93. The summed E-state index contributed by atoms with van der Waals surface area (Å²) >= 11 is 0. The molecule has 1 amide bonds. The van der Waals surface area contributed by atoms with Gasteiger partial charge in [-0.3, -0.25) is 4.79 Å². The van der Waals surface area contributed by atoms with Gasteiger partial charge in [-0.15, -0.1) is 0 Å². The number of ether oxygens (including phenoxy) is 1. The summed E-state index contributed by atoms with van der Waals surface area (Å²) in [6, 6.07) is 15.6. The maximum Gasteiger partial charge on any atom is 0.221 e. The van der Waals surface area contributed by atoms with E-state index in [9.17, 15) is 4.79 Å². The number of nitrogens with one attached hydrogen (secondary N) is 1. The van der Waals surface area contributed by atoms with E-state index in [2.05, 4.69) is 38.2 Å². The van der Waals surface area contributed by atoms with Crippen LogP contribution in [0.3, 0.4) is 0 Å². The molecule has 0 saturated carbocycles. The van der Waals surface area contributed by atoms with Crippen molar-refractivity contribution < 1.29 is 9.53 Å². The number of benzene rings is 2. The lowest BCUT2D eigenvalue weighted by atomic mass is 9.82. The highest BCUT2D eigenvalue weighted by Gasteiger charge is 2.17. The van der Waals surface area contributed by atoms with Crippen LogP contribution in [0.25, 0.3) is 0 Å². The second-order valence-electron chi connectivity index (χ2n) is 6.07. The maximum absolute atomic E-state index is 11.0. The molecule has 0 spiro atoms. The molecule has 1 N–H and O–H groups in total. The van der Waals surface area contributed by atoms with Crippen LogP contribution in [0.5, 0.6) is 11.5 Å². The lowest BCUT2D eigenvalue weighted by molar-refractivity contribution is -0.114. The Morgan fingerprint density at radius 3 is 1.95 bits per heavy atom. The highest BCUT2D eigenvalue weighted by atomic mass is 16.5. The van der Waals surface area contributed by atoms with Crippen molar-refractivity contribution in [2.24, 2.45) is 0 Å². The van der Waals surface area contributed by atoms with Gasteiger partial charge in [0.25, 0.3) is 0 Å². The van der Waals surface area contributed by atoms with Gasteiger partial charge in [-0.25, -0.2) is 0 Å². The number of hydrogen-bond acceptors (Lipinski definition) is 2. The molecular weight excluding hydrogens is 274 g/mol. The molecule has 0 aliphatic carbocycles. The van der Waals surface area contributed by atoms with Gasteiger partial charge < -0.3 is 10.1 Å². The van der Waals surface area contributed by atoms with E-state index in [0.29, 0.717) is 0 Å². The first kappa shape index (κ1) is 16.1. The molecule has 116 valence electrons. The van der Waals surface area contributed by atoms with Crippen LogP contribution in [0.15, 0.2) is 48.5 Å². The second kappa shape index (κ2) is 6.65. The fourth-order valence-electron chi connectivity index (χ4n) is 2.12. The molecule has 0 atom stereocenters. The highest BCUT2D eigenvalue weighted by Crippen LogP contribution is 2.29. The average molecular weight is 297 g/mol. The molecule has 0 unspecified atom stereocenters. The number of anilines is 1. The van der Waals surface area contributed by atoms with E-state index in [-0.39, 0.29) is 11.3 Å². The molecule has 0 saturated heterocycles. The minimum Gasteiger partial charge on any atom is -0.457 e. The molecule has 0 aromatic heterocycles. The first-order chi connectivity index (χ1) is 10.4. The van der Waals surface area contributed by atoms with Gasteiger partial charge in [-0.05, 0) is 53.8 Å². The molecule has 2 aromatic carbocycles. The Morgan fingerprint density at radius 2 is 1.50 bits per heavy atom. The number of rotatable bonds is 5. The molecule has 0 fully saturated rings. The Bertz CT molecular complexity index is 627. The standard InChI is InChI=1S/C19H23NO2/c1-5-19(3,4)15-6-10-17(11-7-15)22-18-12-8-16(9-13-18)20-14(2)21/h6-13H,5H2,1-4H3,(H,20,21). The van der Waals surface area contributed by atoms with E-state index >= 15 is 0 Å². The van der Waals surface area contributed by atoms with Crippen molar-refractivity contribution >= 4 is 11.6 Å². The van der Waals surface area contributed by atoms with Crippen molar-refractivity contribution in [2.75, 3.05) is 5.32 Å². The minimum atomic E-state index is -0.0807. The van der Waals surface area contributed by atoms with Crippen LogP contribution < -0.4 is 10.1 Å². The van der Waals surface area contributed by atoms with E-state index < -0.39 is 0 Å². The van der Waals surface area contributed by atoms with Crippen molar-refractivity contribution in [3.05, 3.63) is 54.1 Å². The number of carbonyl (C=O) groups is 1. The maximum atomic E-state index is 11.0.